The predicted octanol–water partition coefficient (Wildman–Crippen LogP) is 3.85. The van der Waals surface area contributed by atoms with Gasteiger partial charge in [-0.3, -0.25) is 0 Å². The van der Waals surface area contributed by atoms with Gasteiger partial charge in [-0.2, -0.15) is 0 Å². The van der Waals surface area contributed by atoms with Crippen LogP contribution in [0.3, 0.4) is 0 Å². The van der Waals surface area contributed by atoms with Gasteiger partial charge < -0.3 is 0 Å². The Kier molecular flexibility index (Phi) is 2.59. The van der Waals surface area contributed by atoms with E-state index in [4.69, 9.17) is 0 Å². The minimum Gasteiger partial charge on any atom is -0.250 e. The van der Waals surface area contributed by atoms with Gasteiger partial charge in [0, 0.05) is 24.0 Å². The van der Waals surface area contributed by atoms with Crippen LogP contribution in [0.15, 0.2) is 55.0 Å². The fraction of sp³-hybridized carbons (Fsp3) is 0. The fourth-order valence-corrected chi connectivity index (χ4v) is 3.51. The third-order valence-corrected chi connectivity index (χ3v) is 4.69. The molecule has 0 saturated carbocycles. The first-order valence-electron chi connectivity index (χ1n) is 7.11. The van der Waals surface area contributed by atoms with Crippen molar-refractivity contribution in [3.8, 4) is 11.5 Å². The molecule has 4 aromatic heterocycles. The van der Waals surface area contributed by atoms with Crippen LogP contribution >= 0.6 is 11.3 Å². The molecular weight excluding hydrogens is 306 g/mol. The van der Waals surface area contributed by atoms with Crippen molar-refractivity contribution in [2.75, 3.05) is 0 Å². The van der Waals surface area contributed by atoms with Crippen molar-refractivity contribution in [1.29, 1.82) is 0 Å². The minimum atomic E-state index is 0.605. The van der Waals surface area contributed by atoms with E-state index in [9.17, 15) is 0 Å². The van der Waals surface area contributed by atoms with E-state index in [0.717, 1.165) is 37.2 Å². The highest BCUT2D eigenvalue weighted by molar-refractivity contribution is 7.25. The van der Waals surface area contributed by atoms with Crippen LogP contribution in [0.2, 0.25) is 0 Å². The Bertz CT molecular complexity index is 1180. The van der Waals surface area contributed by atoms with E-state index in [1.165, 1.54) is 0 Å². The van der Waals surface area contributed by atoms with Gasteiger partial charge in [-0.1, -0.05) is 24.3 Å². The summed E-state index contributed by atoms with van der Waals surface area (Å²) >= 11 is 1.55. The number of rotatable bonds is 1. The van der Waals surface area contributed by atoms with Gasteiger partial charge in [0.1, 0.15) is 21.6 Å². The molecule has 0 N–H and O–H groups in total. The first-order valence-corrected chi connectivity index (χ1v) is 7.92. The van der Waals surface area contributed by atoms with Crippen LogP contribution < -0.4 is 0 Å². The number of benzene rings is 1. The largest absolute Gasteiger partial charge is 0.250 e. The monoisotopic (exact) mass is 315 g/mol. The van der Waals surface area contributed by atoms with E-state index in [1.807, 2.05) is 42.6 Å². The normalized spacial score (nSPS) is 11.5. The second-order valence-electron chi connectivity index (χ2n) is 5.11. The van der Waals surface area contributed by atoms with Crippen molar-refractivity contribution in [3.63, 3.8) is 0 Å². The second kappa shape index (κ2) is 4.76. The number of fused-ring (bicyclic) bond motifs is 4. The zero-order valence-corrected chi connectivity index (χ0v) is 12.7. The SMILES string of the molecule is c1ccc2nc(-c3ncc4sc5nccnc5c4n3)ccc2c1. The summed E-state index contributed by atoms with van der Waals surface area (Å²) in [5.74, 6) is 0.605. The van der Waals surface area contributed by atoms with Crippen molar-refractivity contribution >= 4 is 42.8 Å². The highest BCUT2D eigenvalue weighted by atomic mass is 32.1. The number of hydrogen-bond acceptors (Lipinski definition) is 6. The van der Waals surface area contributed by atoms with Gasteiger partial charge in [-0.15, -0.1) is 11.3 Å². The molecule has 0 spiro atoms. The number of aromatic nitrogens is 5. The molecule has 0 atom stereocenters. The number of nitrogens with zero attached hydrogens (tertiary/aromatic N) is 5. The molecule has 5 nitrogen and oxygen atoms in total. The van der Waals surface area contributed by atoms with E-state index in [2.05, 4.69) is 24.9 Å². The third-order valence-electron chi connectivity index (χ3n) is 3.68. The minimum absolute atomic E-state index is 0.605. The van der Waals surface area contributed by atoms with Crippen molar-refractivity contribution in [2.24, 2.45) is 0 Å². The molecule has 0 aliphatic carbocycles. The topological polar surface area (TPSA) is 64.5 Å². The lowest BCUT2D eigenvalue weighted by molar-refractivity contribution is 1.20. The molecule has 0 radical (unpaired) electrons. The molecule has 23 heavy (non-hydrogen) atoms. The lowest BCUT2D eigenvalue weighted by atomic mass is 10.2. The van der Waals surface area contributed by atoms with E-state index in [1.54, 1.807) is 23.7 Å². The van der Waals surface area contributed by atoms with Crippen LogP contribution in [0.5, 0.6) is 0 Å². The van der Waals surface area contributed by atoms with Gasteiger partial charge >= 0.3 is 0 Å². The van der Waals surface area contributed by atoms with Gasteiger partial charge in [0.15, 0.2) is 5.82 Å². The van der Waals surface area contributed by atoms with Gasteiger partial charge in [-0.25, -0.2) is 24.9 Å². The van der Waals surface area contributed by atoms with E-state index >= 15 is 0 Å². The molecule has 0 unspecified atom stereocenters. The van der Waals surface area contributed by atoms with Crippen LogP contribution in [0.1, 0.15) is 0 Å². The smallest absolute Gasteiger partial charge is 0.178 e. The summed E-state index contributed by atoms with van der Waals surface area (Å²) in [7, 11) is 0. The summed E-state index contributed by atoms with van der Waals surface area (Å²) in [6.07, 6.45) is 5.20. The number of hydrogen-bond donors (Lipinski definition) is 0. The molecule has 0 amide bonds. The third kappa shape index (κ3) is 1.96. The Hall–Kier alpha value is -2.99. The highest BCUT2D eigenvalue weighted by Crippen LogP contribution is 2.30. The molecule has 5 rings (SSSR count). The lowest BCUT2D eigenvalue weighted by Crippen LogP contribution is -1.92. The van der Waals surface area contributed by atoms with Crippen LogP contribution in [-0.2, 0) is 0 Å². The molecule has 0 saturated heterocycles. The zero-order valence-electron chi connectivity index (χ0n) is 11.8. The number of para-hydroxylation sites is 1. The van der Waals surface area contributed by atoms with Crippen LogP contribution in [0.25, 0.3) is 43.0 Å². The Balaban J connectivity index is 1.76. The fourth-order valence-electron chi connectivity index (χ4n) is 2.60. The summed E-state index contributed by atoms with van der Waals surface area (Å²) in [6, 6.07) is 12.0. The summed E-state index contributed by atoms with van der Waals surface area (Å²) < 4.78 is 0.982. The maximum Gasteiger partial charge on any atom is 0.178 e. The van der Waals surface area contributed by atoms with Gasteiger partial charge in [0.25, 0.3) is 0 Å². The molecule has 0 aliphatic heterocycles. The van der Waals surface area contributed by atoms with Gasteiger partial charge in [0.2, 0.25) is 0 Å². The first-order chi connectivity index (χ1) is 11.4. The summed E-state index contributed by atoms with van der Waals surface area (Å²) in [5, 5.41) is 1.10. The van der Waals surface area contributed by atoms with Crippen molar-refractivity contribution in [1.82, 2.24) is 24.9 Å². The number of pyridine rings is 1. The Morgan fingerprint density at radius 2 is 1.70 bits per heavy atom. The predicted molar refractivity (Wildman–Crippen MR) is 91.2 cm³/mol. The van der Waals surface area contributed by atoms with E-state index < -0.39 is 0 Å². The summed E-state index contributed by atoms with van der Waals surface area (Å²) in [4.78, 5) is 23.4. The molecule has 0 aliphatic rings. The Morgan fingerprint density at radius 3 is 2.70 bits per heavy atom. The Morgan fingerprint density at radius 1 is 0.783 bits per heavy atom. The number of thiophene rings is 1. The maximum atomic E-state index is 4.67. The highest BCUT2D eigenvalue weighted by Gasteiger charge is 2.12. The molecule has 0 fully saturated rings. The summed E-state index contributed by atoms with van der Waals surface area (Å²) in [6.45, 7) is 0. The van der Waals surface area contributed by atoms with Crippen LogP contribution in [0.4, 0.5) is 0 Å². The molecule has 6 heteroatoms. The lowest BCUT2D eigenvalue weighted by Gasteiger charge is -2.02. The van der Waals surface area contributed by atoms with Gasteiger partial charge in [-0.05, 0) is 12.1 Å². The van der Waals surface area contributed by atoms with Crippen molar-refractivity contribution in [3.05, 3.63) is 55.0 Å². The molecule has 0 bridgehead atoms. The van der Waals surface area contributed by atoms with Crippen molar-refractivity contribution in [2.45, 2.75) is 0 Å². The quantitative estimate of drug-likeness (QED) is 0.470. The molecule has 1 aromatic carbocycles. The molecule has 4 heterocycles. The zero-order chi connectivity index (χ0) is 15.2. The second-order valence-corrected chi connectivity index (χ2v) is 6.14. The van der Waals surface area contributed by atoms with Gasteiger partial charge in [0.05, 0.1) is 10.2 Å². The van der Waals surface area contributed by atoms with Crippen LogP contribution in [-0.4, -0.2) is 24.9 Å². The first kappa shape index (κ1) is 12.5. The van der Waals surface area contributed by atoms with E-state index in [-0.39, 0.29) is 0 Å². The molecule has 5 aromatic rings. The standard InChI is InChI=1S/C17H9N5S/c1-2-4-11-10(3-1)5-6-12(21-11)16-20-9-13-14(22-16)15-17(23-13)19-8-7-18-15/h1-9H. The molecular formula is C17H9N5S. The van der Waals surface area contributed by atoms with Crippen molar-refractivity contribution < 1.29 is 0 Å². The summed E-state index contributed by atoms with van der Waals surface area (Å²) in [5.41, 5.74) is 3.34. The average molecular weight is 315 g/mol. The van der Waals surface area contributed by atoms with E-state index in [0.29, 0.717) is 5.82 Å². The van der Waals surface area contributed by atoms with Crippen LogP contribution in [0, 0.1) is 0 Å². The maximum absolute atomic E-state index is 4.67. The Labute approximate surface area is 134 Å². The average Bonchev–Trinajstić information content (AvgIpc) is 2.99. The molecule has 108 valence electrons.